The van der Waals surface area contributed by atoms with Crippen LogP contribution in [-0.2, 0) is 26.1 Å². The molecule has 0 aliphatic carbocycles. The zero-order chi connectivity index (χ0) is 23.0. The Labute approximate surface area is 202 Å². The van der Waals surface area contributed by atoms with Crippen molar-refractivity contribution in [1.82, 2.24) is 9.62 Å². The van der Waals surface area contributed by atoms with Crippen molar-refractivity contribution in [2.24, 2.45) is 0 Å². The van der Waals surface area contributed by atoms with Crippen molar-refractivity contribution in [2.75, 3.05) is 19.7 Å². The van der Waals surface area contributed by atoms with E-state index in [0.29, 0.717) is 35.2 Å². The van der Waals surface area contributed by atoms with Crippen LogP contribution in [0.25, 0.3) is 0 Å². The Kier molecular flexibility index (Phi) is 10.3. The van der Waals surface area contributed by atoms with Gasteiger partial charge < -0.3 is 10.1 Å². The van der Waals surface area contributed by atoms with Crippen LogP contribution in [0.15, 0.2) is 51.8 Å². The standard InChI is InChI=1S/C21H25BrCl2N2O4S/c1-15(2)30-11-3-10-25-21(27)14-26(13-16-4-9-19(23)20(24)12-16)31(28,29)18-7-5-17(22)6-8-18/h4-9,12,15H,3,10-11,13-14H2,1-2H3,(H,25,27). The second-order valence-corrected chi connectivity index (χ2v) is 10.8. The van der Waals surface area contributed by atoms with E-state index in [4.69, 9.17) is 27.9 Å². The maximum absolute atomic E-state index is 13.2. The molecule has 2 aromatic rings. The Morgan fingerprint density at radius 2 is 1.81 bits per heavy atom. The van der Waals surface area contributed by atoms with Gasteiger partial charge in [-0.2, -0.15) is 4.31 Å². The largest absolute Gasteiger partial charge is 0.379 e. The van der Waals surface area contributed by atoms with Gasteiger partial charge in [0, 0.05) is 24.2 Å². The summed E-state index contributed by atoms with van der Waals surface area (Å²) < 4.78 is 33.8. The molecule has 0 spiro atoms. The fraction of sp³-hybridized carbons (Fsp3) is 0.381. The lowest BCUT2D eigenvalue weighted by molar-refractivity contribution is -0.121. The van der Waals surface area contributed by atoms with Crippen LogP contribution in [-0.4, -0.2) is 44.4 Å². The summed E-state index contributed by atoms with van der Waals surface area (Å²) in [5.41, 5.74) is 0.619. The lowest BCUT2D eigenvalue weighted by Crippen LogP contribution is -2.40. The molecule has 0 saturated heterocycles. The van der Waals surface area contributed by atoms with Crippen LogP contribution in [0, 0.1) is 0 Å². The molecule has 6 nitrogen and oxygen atoms in total. The number of ether oxygens (including phenoxy) is 1. The van der Waals surface area contributed by atoms with Crippen molar-refractivity contribution in [1.29, 1.82) is 0 Å². The molecule has 2 aromatic carbocycles. The number of nitrogens with zero attached hydrogens (tertiary/aromatic N) is 1. The number of nitrogens with one attached hydrogen (secondary N) is 1. The van der Waals surface area contributed by atoms with Gasteiger partial charge in [-0.1, -0.05) is 45.2 Å². The summed E-state index contributed by atoms with van der Waals surface area (Å²) in [6.45, 7) is 4.42. The summed E-state index contributed by atoms with van der Waals surface area (Å²) in [6, 6.07) is 11.1. The highest BCUT2D eigenvalue weighted by atomic mass is 79.9. The van der Waals surface area contributed by atoms with E-state index in [1.165, 1.54) is 12.1 Å². The van der Waals surface area contributed by atoms with Gasteiger partial charge in [0.1, 0.15) is 0 Å². The van der Waals surface area contributed by atoms with Crippen LogP contribution in [0.1, 0.15) is 25.8 Å². The second-order valence-electron chi connectivity index (χ2n) is 7.10. The van der Waals surface area contributed by atoms with E-state index in [-0.39, 0.29) is 24.1 Å². The van der Waals surface area contributed by atoms with Gasteiger partial charge in [-0.05, 0) is 62.2 Å². The first-order chi connectivity index (χ1) is 14.6. The molecular formula is C21H25BrCl2N2O4S. The number of halogens is 3. The number of carbonyl (C=O) groups excluding carboxylic acids is 1. The highest BCUT2D eigenvalue weighted by molar-refractivity contribution is 9.10. The number of hydrogen-bond donors (Lipinski definition) is 1. The van der Waals surface area contributed by atoms with Crippen molar-refractivity contribution in [3.63, 3.8) is 0 Å². The number of sulfonamides is 1. The van der Waals surface area contributed by atoms with Crippen LogP contribution < -0.4 is 5.32 Å². The minimum atomic E-state index is -3.93. The molecule has 0 bridgehead atoms. The summed E-state index contributed by atoms with van der Waals surface area (Å²) in [4.78, 5) is 12.6. The van der Waals surface area contributed by atoms with Crippen LogP contribution in [0.5, 0.6) is 0 Å². The number of amides is 1. The van der Waals surface area contributed by atoms with E-state index < -0.39 is 15.9 Å². The summed E-state index contributed by atoms with van der Waals surface area (Å²) >= 11 is 15.3. The predicted octanol–water partition coefficient (Wildman–Crippen LogP) is 4.88. The van der Waals surface area contributed by atoms with E-state index in [1.54, 1.807) is 30.3 Å². The molecule has 1 N–H and O–H groups in total. The van der Waals surface area contributed by atoms with Gasteiger partial charge in [-0.15, -0.1) is 0 Å². The first-order valence-corrected chi connectivity index (χ1v) is 12.7. The van der Waals surface area contributed by atoms with Gasteiger partial charge >= 0.3 is 0 Å². The van der Waals surface area contributed by atoms with E-state index in [1.807, 2.05) is 13.8 Å². The average molecular weight is 552 g/mol. The summed E-state index contributed by atoms with van der Waals surface area (Å²) in [6.07, 6.45) is 0.754. The molecule has 0 saturated carbocycles. The number of hydrogen-bond acceptors (Lipinski definition) is 4. The van der Waals surface area contributed by atoms with E-state index in [9.17, 15) is 13.2 Å². The van der Waals surface area contributed by atoms with E-state index >= 15 is 0 Å². The van der Waals surface area contributed by atoms with Gasteiger partial charge in [-0.3, -0.25) is 4.79 Å². The van der Waals surface area contributed by atoms with Gasteiger partial charge in [0.2, 0.25) is 15.9 Å². The third-order valence-corrected chi connectivity index (χ3v) is 7.28. The minimum Gasteiger partial charge on any atom is -0.379 e. The first kappa shape index (κ1) is 26.1. The highest BCUT2D eigenvalue weighted by Gasteiger charge is 2.27. The monoisotopic (exact) mass is 550 g/mol. The minimum absolute atomic E-state index is 0.0286. The molecule has 0 fully saturated rings. The SMILES string of the molecule is CC(C)OCCCNC(=O)CN(Cc1ccc(Cl)c(Cl)c1)S(=O)(=O)c1ccc(Br)cc1. The Bertz CT molecular complexity index is 985. The van der Waals surface area contributed by atoms with Gasteiger partial charge in [0.25, 0.3) is 0 Å². The molecule has 31 heavy (non-hydrogen) atoms. The van der Waals surface area contributed by atoms with E-state index in [0.717, 1.165) is 8.78 Å². The average Bonchev–Trinajstić information content (AvgIpc) is 2.70. The molecular weight excluding hydrogens is 527 g/mol. The normalized spacial score (nSPS) is 11.8. The van der Waals surface area contributed by atoms with Crippen LogP contribution in [0.4, 0.5) is 0 Å². The lowest BCUT2D eigenvalue weighted by atomic mass is 10.2. The zero-order valence-electron chi connectivity index (χ0n) is 17.3. The summed E-state index contributed by atoms with van der Waals surface area (Å²) in [5.74, 6) is -0.398. The Hall–Kier alpha value is -1.16. The highest BCUT2D eigenvalue weighted by Crippen LogP contribution is 2.25. The zero-order valence-corrected chi connectivity index (χ0v) is 21.2. The summed E-state index contributed by atoms with van der Waals surface area (Å²) in [7, 11) is -3.93. The number of rotatable bonds is 11. The number of carbonyl (C=O) groups is 1. The molecule has 0 unspecified atom stereocenters. The molecule has 170 valence electrons. The second kappa shape index (κ2) is 12.2. The van der Waals surface area contributed by atoms with Crippen molar-refractivity contribution in [3.8, 4) is 0 Å². The molecule has 0 aliphatic rings. The third kappa shape index (κ3) is 8.36. The van der Waals surface area contributed by atoms with Crippen molar-refractivity contribution >= 4 is 55.1 Å². The molecule has 10 heteroatoms. The molecule has 2 rings (SSSR count). The van der Waals surface area contributed by atoms with Gasteiger partial charge in [0.15, 0.2) is 0 Å². The predicted molar refractivity (Wildman–Crippen MR) is 127 cm³/mol. The molecule has 1 amide bonds. The molecule has 0 atom stereocenters. The van der Waals surface area contributed by atoms with Crippen molar-refractivity contribution in [2.45, 2.75) is 37.8 Å². The fourth-order valence-electron chi connectivity index (χ4n) is 2.66. The maximum atomic E-state index is 13.2. The van der Waals surface area contributed by atoms with Gasteiger partial charge in [-0.25, -0.2) is 8.42 Å². The number of benzene rings is 2. The Morgan fingerprint density at radius 3 is 2.42 bits per heavy atom. The quantitative estimate of drug-likeness (QED) is 0.404. The van der Waals surface area contributed by atoms with Crippen molar-refractivity contribution in [3.05, 3.63) is 62.5 Å². The smallest absolute Gasteiger partial charge is 0.243 e. The van der Waals surface area contributed by atoms with Crippen LogP contribution in [0.2, 0.25) is 10.0 Å². The molecule has 0 heterocycles. The first-order valence-electron chi connectivity index (χ1n) is 9.67. The van der Waals surface area contributed by atoms with Crippen molar-refractivity contribution < 1.29 is 17.9 Å². The maximum Gasteiger partial charge on any atom is 0.243 e. The molecule has 0 aromatic heterocycles. The fourth-order valence-corrected chi connectivity index (χ4v) is 4.63. The lowest BCUT2D eigenvalue weighted by Gasteiger charge is -2.22. The van der Waals surface area contributed by atoms with Crippen LogP contribution in [0.3, 0.4) is 0 Å². The molecule has 0 radical (unpaired) electrons. The van der Waals surface area contributed by atoms with Gasteiger partial charge in [0.05, 0.1) is 27.6 Å². The topological polar surface area (TPSA) is 75.7 Å². The van der Waals surface area contributed by atoms with E-state index in [2.05, 4.69) is 21.2 Å². The molecule has 0 aliphatic heterocycles. The summed E-state index contributed by atoms with van der Waals surface area (Å²) in [5, 5.41) is 3.43. The Balaban J connectivity index is 2.16. The Morgan fingerprint density at radius 1 is 1.13 bits per heavy atom. The third-order valence-electron chi connectivity index (χ3n) is 4.21. The van der Waals surface area contributed by atoms with Crippen LogP contribution >= 0.6 is 39.1 Å².